The summed E-state index contributed by atoms with van der Waals surface area (Å²) < 4.78 is 1.61. The smallest absolute Gasteiger partial charge is 0.281 e. The molecule has 1 saturated heterocycles. The molecule has 1 amide bonds. The minimum absolute atomic E-state index is 0.00328. The molecule has 2 aromatic heterocycles. The Hall–Kier alpha value is -2.74. The summed E-state index contributed by atoms with van der Waals surface area (Å²) in [5, 5.41) is 8.77. The Morgan fingerprint density at radius 1 is 1.20 bits per heavy atom. The number of hydrogen-bond donors (Lipinski definition) is 1. The molecule has 0 spiro atoms. The number of rotatable bonds is 4. The maximum absolute atomic E-state index is 12.7. The number of carbonyl (C=O) groups is 1. The van der Waals surface area contributed by atoms with Crippen molar-refractivity contribution in [2.24, 2.45) is 5.92 Å². The Bertz CT molecular complexity index is 1150. The molecule has 0 unspecified atom stereocenters. The molecule has 1 aromatic carbocycles. The second-order valence-corrected chi connectivity index (χ2v) is 8.62. The normalized spacial score (nSPS) is 19.8. The molecule has 0 bridgehead atoms. The van der Waals surface area contributed by atoms with Crippen molar-refractivity contribution in [2.45, 2.75) is 44.6 Å². The number of piperidine rings is 1. The van der Waals surface area contributed by atoms with Crippen molar-refractivity contribution in [1.29, 1.82) is 0 Å². The van der Waals surface area contributed by atoms with E-state index in [1.54, 1.807) is 4.68 Å². The van der Waals surface area contributed by atoms with E-state index < -0.39 is 0 Å². The molecule has 3 heterocycles. The van der Waals surface area contributed by atoms with Gasteiger partial charge in [-0.2, -0.15) is 0 Å². The first-order valence-electron chi connectivity index (χ1n) is 10.5. The highest BCUT2D eigenvalue weighted by molar-refractivity contribution is 6.31. The second-order valence-electron chi connectivity index (χ2n) is 8.21. The molecule has 0 radical (unpaired) electrons. The molecule has 9 heteroatoms. The van der Waals surface area contributed by atoms with Gasteiger partial charge in [-0.3, -0.25) is 9.59 Å². The van der Waals surface area contributed by atoms with Crippen molar-refractivity contribution in [1.82, 2.24) is 29.9 Å². The number of aromatic amines is 1. The van der Waals surface area contributed by atoms with Gasteiger partial charge in [0.05, 0.1) is 6.54 Å². The molecule has 1 aliphatic carbocycles. The monoisotopic (exact) mass is 426 g/mol. The van der Waals surface area contributed by atoms with Crippen molar-refractivity contribution < 1.29 is 4.79 Å². The Labute approximate surface area is 178 Å². The third-order valence-electron chi connectivity index (χ3n) is 6.24. The van der Waals surface area contributed by atoms with Crippen LogP contribution in [0.1, 0.15) is 49.4 Å². The van der Waals surface area contributed by atoms with Crippen molar-refractivity contribution in [3.05, 3.63) is 51.0 Å². The van der Waals surface area contributed by atoms with Gasteiger partial charge in [0.2, 0.25) is 5.91 Å². The molecule has 8 nitrogen and oxygen atoms in total. The van der Waals surface area contributed by atoms with E-state index in [0.29, 0.717) is 29.6 Å². The van der Waals surface area contributed by atoms with E-state index in [9.17, 15) is 9.59 Å². The highest BCUT2D eigenvalue weighted by Crippen LogP contribution is 2.31. The maximum Gasteiger partial charge on any atom is 0.281 e. The quantitative estimate of drug-likeness (QED) is 0.691. The van der Waals surface area contributed by atoms with Crippen LogP contribution >= 0.6 is 11.6 Å². The zero-order valence-electron chi connectivity index (χ0n) is 16.6. The van der Waals surface area contributed by atoms with E-state index in [0.717, 1.165) is 44.2 Å². The van der Waals surface area contributed by atoms with E-state index in [2.05, 4.69) is 15.3 Å². The van der Waals surface area contributed by atoms with Gasteiger partial charge in [-0.25, -0.2) is 9.67 Å². The van der Waals surface area contributed by atoms with Crippen LogP contribution < -0.4 is 5.56 Å². The Morgan fingerprint density at radius 3 is 2.80 bits per heavy atom. The zero-order chi connectivity index (χ0) is 20.7. The van der Waals surface area contributed by atoms with Gasteiger partial charge >= 0.3 is 0 Å². The van der Waals surface area contributed by atoms with Gasteiger partial charge < -0.3 is 9.88 Å². The number of amides is 1. The van der Waals surface area contributed by atoms with Crippen LogP contribution in [0.5, 0.6) is 0 Å². The SMILES string of the molecule is O=C(C1CCC1)N1CCC[C@H](c2nc3c(nnn3Cc3ccccc3Cl)c(=O)[nH]2)C1. The predicted octanol–water partition coefficient (Wildman–Crippen LogP) is 2.72. The molecule has 1 N–H and O–H groups in total. The third kappa shape index (κ3) is 3.49. The number of fused-ring (bicyclic) bond motifs is 1. The van der Waals surface area contributed by atoms with Gasteiger partial charge in [0.25, 0.3) is 5.56 Å². The van der Waals surface area contributed by atoms with Crippen molar-refractivity contribution >= 4 is 28.7 Å². The van der Waals surface area contributed by atoms with E-state index >= 15 is 0 Å². The van der Waals surface area contributed by atoms with E-state index in [1.165, 1.54) is 0 Å². The topological polar surface area (TPSA) is 96.8 Å². The number of nitrogens with zero attached hydrogens (tertiary/aromatic N) is 5. The van der Waals surface area contributed by atoms with Gasteiger partial charge in [-0.05, 0) is 37.3 Å². The lowest BCUT2D eigenvalue weighted by Crippen LogP contribution is -2.44. The molecule has 5 rings (SSSR count). The fourth-order valence-electron chi connectivity index (χ4n) is 4.28. The molecule has 1 atom stereocenters. The zero-order valence-corrected chi connectivity index (χ0v) is 17.3. The summed E-state index contributed by atoms with van der Waals surface area (Å²) in [5.74, 6) is 1.03. The van der Waals surface area contributed by atoms with Gasteiger partial charge in [0.15, 0.2) is 11.2 Å². The Kier molecular flexibility index (Phi) is 5.02. The third-order valence-corrected chi connectivity index (χ3v) is 6.61. The Morgan fingerprint density at radius 2 is 2.03 bits per heavy atom. The highest BCUT2D eigenvalue weighted by Gasteiger charge is 2.33. The maximum atomic E-state index is 12.7. The summed E-state index contributed by atoms with van der Waals surface area (Å²) in [5.41, 5.74) is 1.23. The van der Waals surface area contributed by atoms with Gasteiger partial charge in [0.1, 0.15) is 5.82 Å². The summed E-state index contributed by atoms with van der Waals surface area (Å²) in [6.07, 6.45) is 4.92. The summed E-state index contributed by atoms with van der Waals surface area (Å²) in [6, 6.07) is 7.50. The number of halogens is 1. The van der Waals surface area contributed by atoms with Crippen LogP contribution in [0.15, 0.2) is 29.1 Å². The molecule has 3 aromatic rings. The number of hydrogen-bond acceptors (Lipinski definition) is 5. The van der Waals surface area contributed by atoms with Gasteiger partial charge in [-0.1, -0.05) is 41.4 Å². The summed E-state index contributed by atoms with van der Waals surface area (Å²) in [6.45, 7) is 1.75. The molecular formula is C21H23ClN6O2. The lowest BCUT2D eigenvalue weighted by molar-refractivity contribution is -0.139. The van der Waals surface area contributed by atoms with Crippen LogP contribution in [-0.2, 0) is 11.3 Å². The second kappa shape index (κ2) is 7.83. The summed E-state index contributed by atoms with van der Waals surface area (Å²) in [7, 11) is 0. The summed E-state index contributed by atoms with van der Waals surface area (Å²) in [4.78, 5) is 34.9. The molecule has 2 aliphatic rings. The first kappa shape index (κ1) is 19.2. The Balaban J connectivity index is 1.44. The van der Waals surface area contributed by atoms with Gasteiger partial charge in [-0.15, -0.1) is 5.10 Å². The van der Waals surface area contributed by atoms with Crippen molar-refractivity contribution in [3.8, 4) is 0 Å². The average Bonchev–Trinajstić information content (AvgIpc) is 3.12. The number of aromatic nitrogens is 5. The van der Waals surface area contributed by atoms with Crippen molar-refractivity contribution in [2.75, 3.05) is 13.1 Å². The molecular weight excluding hydrogens is 404 g/mol. The molecule has 30 heavy (non-hydrogen) atoms. The van der Waals surface area contributed by atoms with E-state index in [1.807, 2.05) is 29.2 Å². The van der Waals surface area contributed by atoms with Crippen LogP contribution in [0.3, 0.4) is 0 Å². The van der Waals surface area contributed by atoms with Crippen LogP contribution in [0.4, 0.5) is 0 Å². The minimum Gasteiger partial charge on any atom is -0.342 e. The number of likely N-dealkylation sites (tertiary alicyclic amines) is 1. The van der Waals surface area contributed by atoms with Crippen LogP contribution in [0.25, 0.3) is 11.2 Å². The fourth-order valence-corrected chi connectivity index (χ4v) is 4.48. The first-order chi connectivity index (χ1) is 14.6. The number of H-pyrrole nitrogens is 1. The van der Waals surface area contributed by atoms with E-state index in [4.69, 9.17) is 16.6 Å². The van der Waals surface area contributed by atoms with Gasteiger partial charge in [0, 0.05) is 29.9 Å². The fraction of sp³-hybridized carbons (Fsp3) is 0.476. The minimum atomic E-state index is -0.303. The predicted molar refractivity (Wildman–Crippen MR) is 112 cm³/mol. The lowest BCUT2D eigenvalue weighted by atomic mass is 9.83. The molecule has 1 saturated carbocycles. The van der Waals surface area contributed by atoms with Crippen molar-refractivity contribution in [3.63, 3.8) is 0 Å². The molecule has 156 valence electrons. The highest BCUT2D eigenvalue weighted by atomic mass is 35.5. The largest absolute Gasteiger partial charge is 0.342 e. The average molecular weight is 427 g/mol. The van der Waals surface area contributed by atoms with Crippen LogP contribution in [0, 0.1) is 5.92 Å². The van der Waals surface area contributed by atoms with Crippen LogP contribution in [0.2, 0.25) is 5.02 Å². The number of carbonyl (C=O) groups excluding carboxylic acids is 1. The standard InChI is InChI=1S/C21H23ClN6O2/c22-16-9-2-1-5-14(16)12-28-19-17(25-26-28)20(29)24-18(23-19)15-8-4-10-27(11-15)21(30)13-6-3-7-13/h1-2,5,9,13,15H,3-4,6-8,10-12H2,(H,23,24,29)/t15-/m0/s1. The van der Waals surface area contributed by atoms with E-state index in [-0.39, 0.29) is 28.8 Å². The summed E-state index contributed by atoms with van der Waals surface area (Å²) >= 11 is 6.28. The molecule has 1 aliphatic heterocycles. The number of benzene rings is 1. The lowest BCUT2D eigenvalue weighted by Gasteiger charge is -2.36. The first-order valence-corrected chi connectivity index (χ1v) is 10.8. The van der Waals surface area contributed by atoms with Crippen LogP contribution in [-0.4, -0.2) is 48.9 Å². The number of nitrogens with one attached hydrogen (secondary N) is 1. The molecule has 2 fully saturated rings.